The molecule has 1 amide bonds. The molecule has 2 aromatic rings. The number of carboxylic acid groups (broad SMARTS) is 1. The largest absolute Gasteiger partial charge is 0.480 e. The van der Waals surface area contributed by atoms with Crippen molar-refractivity contribution in [2.45, 2.75) is 38.9 Å². The van der Waals surface area contributed by atoms with Crippen molar-refractivity contribution in [2.24, 2.45) is 0 Å². The Kier molecular flexibility index (Phi) is 5.33. The van der Waals surface area contributed by atoms with E-state index in [1.807, 2.05) is 0 Å². The zero-order valence-corrected chi connectivity index (χ0v) is 14.2. The van der Waals surface area contributed by atoms with Crippen LogP contribution >= 0.6 is 0 Å². The van der Waals surface area contributed by atoms with E-state index in [0.717, 1.165) is 12.1 Å². The van der Waals surface area contributed by atoms with Crippen molar-refractivity contribution < 1.29 is 27.9 Å². The Hall–Kier alpha value is -2.91. The number of carboxylic acids is 1. The van der Waals surface area contributed by atoms with Crippen molar-refractivity contribution in [2.75, 3.05) is 0 Å². The second-order valence-corrected chi connectivity index (χ2v) is 5.95. The molecule has 1 atom stereocenters. The number of halogens is 3. The van der Waals surface area contributed by atoms with Crippen molar-refractivity contribution in [1.82, 2.24) is 20.1 Å². The summed E-state index contributed by atoms with van der Waals surface area (Å²) in [5.74, 6) is -1.93. The summed E-state index contributed by atoms with van der Waals surface area (Å²) >= 11 is 0. The third kappa shape index (κ3) is 4.01. The fourth-order valence-corrected chi connectivity index (χ4v) is 2.29. The Morgan fingerprint density at radius 3 is 2.31 bits per heavy atom. The minimum absolute atomic E-state index is 0.118. The van der Waals surface area contributed by atoms with Gasteiger partial charge in [0.15, 0.2) is 5.82 Å². The zero-order valence-electron chi connectivity index (χ0n) is 14.2. The number of aromatic nitrogens is 3. The molecule has 140 valence electrons. The zero-order chi connectivity index (χ0) is 19.6. The lowest BCUT2D eigenvalue weighted by atomic mass is 10.0. The summed E-state index contributed by atoms with van der Waals surface area (Å²) in [6.07, 6.45) is -2.58. The van der Waals surface area contributed by atoms with Crippen molar-refractivity contribution in [1.29, 1.82) is 0 Å². The maximum atomic E-state index is 12.7. The number of amides is 1. The molecule has 10 heteroatoms. The summed E-state index contributed by atoms with van der Waals surface area (Å²) in [5.41, 5.74) is -0.352. The van der Waals surface area contributed by atoms with Crippen LogP contribution in [-0.4, -0.2) is 37.8 Å². The molecule has 0 unspecified atom stereocenters. The van der Waals surface area contributed by atoms with Gasteiger partial charge in [-0.05, 0) is 25.0 Å². The predicted octanol–water partition coefficient (Wildman–Crippen LogP) is 2.61. The van der Waals surface area contributed by atoms with Crippen molar-refractivity contribution >= 4 is 11.9 Å². The van der Waals surface area contributed by atoms with Gasteiger partial charge in [0.1, 0.15) is 6.04 Å². The van der Waals surface area contributed by atoms with Gasteiger partial charge in [0, 0.05) is 6.20 Å². The Morgan fingerprint density at radius 1 is 1.19 bits per heavy atom. The number of alkyl halides is 3. The highest BCUT2D eigenvalue weighted by Crippen LogP contribution is 2.29. The van der Waals surface area contributed by atoms with E-state index in [0.29, 0.717) is 11.9 Å². The molecule has 0 saturated carbocycles. The normalized spacial score (nSPS) is 12.9. The second kappa shape index (κ2) is 7.14. The van der Waals surface area contributed by atoms with Gasteiger partial charge in [0.25, 0.3) is 5.91 Å². The molecule has 2 N–H and O–H groups in total. The highest BCUT2D eigenvalue weighted by Gasteiger charge is 2.31. The minimum atomic E-state index is -4.51. The highest BCUT2D eigenvalue weighted by molar-refractivity contribution is 5.97. The molecular formula is C16H17F3N4O3. The van der Waals surface area contributed by atoms with E-state index in [2.05, 4.69) is 15.4 Å². The monoisotopic (exact) mass is 370 g/mol. The number of rotatable bonds is 5. The van der Waals surface area contributed by atoms with Crippen LogP contribution in [0.25, 0.3) is 5.82 Å². The summed E-state index contributed by atoms with van der Waals surface area (Å²) in [5, 5.41) is 15.3. The molecule has 0 bridgehead atoms. The van der Waals surface area contributed by atoms with E-state index in [1.54, 1.807) is 13.8 Å². The first-order valence-electron chi connectivity index (χ1n) is 7.67. The SMILES string of the molecule is CC(C)c1c(C(=O)N[C@@H](C)C(=O)O)cnn1-c1ccc(C(F)(F)F)cn1. The Morgan fingerprint density at radius 2 is 1.85 bits per heavy atom. The molecule has 2 aromatic heterocycles. The van der Waals surface area contributed by atoms with E-state index in [4.69, 9.17) is 5.11 Å². The molecule has 0 aliphatic rings. The van der Waals surface area contributed by atoms with Gasteiger partial charge in [0.2, 0.25) is 0 Å². The Labute approximate surface area is 146 Å². The molecule has 0 aliphatic carbocycles. The first kappa shape index (κ1) is 19.4. The molecule has 0 radical (unpaired) electrons. The van der Waals surface area contributed by atoms with Gasteiger partial charge < -0.3 is 10.4 Å². The summed E-state index contributed by atoms with van der Waals surface area (Å²) in [4.78, 5) is 27.0. The first-order chi connectivity index (χ1) is 12.0. The predicted molar refractivity (Wildman–Crippen MR) is 85.0 cm³/mol. The minimum Gasteiger partial charge on any atom is -0.480 e. The number of pyridine rings is 1. The molecule has 7 nitrogen and oxygen atoms in total. The van der Waals surface area contributed by atoms with Gasteiger partial charge in [-0.3, -0.25) is 9.59 Å². The molecule has 0 fully saturated rings. The number of nitrogens with zero attached hydrogens (tertiary/aromatic N) is 3. The van der Waals surface area contributed by atoms with Crippen molar-refractivity contribution in [3.8, 4) is 5.82 Å². The number of aliphatic carboxylic acids is 1. The van der Waals surface area contributed by atoms with Crippen molar-refractivity contribution in [3.05, 3.63) is 41.3 Å². The maximum Gasteiger partial charge on any atom is 0.417 e. The number of hydrogen-bond acceptors (Lipinski definition) is 4. The van der Waals surface area contributed by atoms with E-state index >= 15 is 0 Å². The van der Waals surface area contributed by atoms with Crippen LogP contribution < -0.4 is 5.32 Å². The summed E-state index contributed by atoms with van der Waals surface area (Å²) < 4.78 is 39.3. The van der Waals surface area contributed by atoms with Crippen molar-refractivity contribution in [3.63, 3.8) is 0 Å². The van der Waals surface area contributed by atoms with Crippen LogP contribution in [0.1, 0.15) is 48.3 Å². The average molecular weight is 370 g/mol. The lowest BCUT2D eigenvalue weighted by Crippen LogP contribution is -2.38. The summed E-state index contributed by atoms with van der Waals surface area (Å²) in [7, 11) is 0. The lowest BCUT2D eigenvalue weighted by Gasteiger charge is -2.14. The number of nitrogens with one attached hydrogen (secondary N) is 1. The topological polar surface area (TPSA) is 97.1 Å². The molecular weight excluding hydrogens is 353 g/mol. The van der Waals surface area contributed by atoms with E-state index < -0.39 is 29.7 Å². The molecule has 2 rings (SSSR count). The van der Waals surface area contributed by atoms with E-state index in [1.165, 1.54) is 17.8 Å². The number of carbonyl (C=O) groups excluding carboxylic acids is 1. The standard InChI is InChI=1S/C16H17F3N4O3/c1-8(2)13-11(14(24)22-9(3)15(25)26)7-21-23(13)12-5-4-10(6-20-12)16(17,18)19/h4-9H,1-3H3,(H,22,24)(H,25,26)/t9-/m0/s1. The van der Waals surface area contributed by atoms with Gasteiger partial charge in [0.05, 0.1) is 23.0 Å². The van der Waals surface area contributed by atoms with Crippen LogP contribution in [0.5, 0.6) is 0 Å². The Bertz CT molecular complexity index is 813. The Balaban J connectivity index is 2.41. The van der Waals surface area contributed by atoms with Gasteiger partial charge in [-0.15, -0.1) is 0 Å². The highest BCUT2D eigenvalue weighted by atomic mass is 19.4. The van der Waals surface area contributed by atoms with Gasteiger partial charge in [-0.25, -0.2) is 9.67 Å². The van der Waals surface area contributed by atoms with Crippen LogP contribution in [0.4, 0.5) is 13.2 Å². The first-order valence-corrected chi connectivity index (χ1v) is 7.67. The molecule has 0 spiro atoms. The third-order valence-electron chi connectivity index (χ3n) is 3.61. The fourth-order valence-electron chi connectivity index (χ4n) is 2.29. The van der Waals surface area contributed by atoms with Gasteiger partial charge >= 0.3 is 12.1 Å². The maximum absolute atomic E-state index is 12.7. The van der Waals surface area contributed by atoms with Gasteiger partial charge in [-0.2, -0.15) is 18.3 Å². The summed E-state index contributed by atoms with van der Waals surface area (Å²) in [6.45, 7) is 4.86. The smallest absolute Gasteiger partial charge is 0.417 e. The average Bonchev–Trinajstić information content (AvgIpc) is 2.99. The van der Waals surface area contributed by atoms with E-state index in [-0.39, 0.29) is 17.3 Å². The molecule has 26 heavy (non-hydrogen) atoms. The van der Waals surface area contributed by atoms with Crippen LogP contribution in [0.15, 0.2) is 24.5 Å². The van der Waals surface area contributed by atoms with Gasteiger partial charge in [-0.1, -0.05) is 13.8 Å². The fraction of sp³-hybridized carbons (Fsp3) is 0.375. The third-order valence-corrected chi connectivity index (χ3v) is 3.61. The summed E-state index contributed by atoms with van der Waals surface area (Å²) in [6, 6.07) is 0.930. The molecule has 2 heterocycles. The molecule has 0 aliphatic heterocycles. The quantitative estimate of drug-likeness (QED) is 0.843. The second-order valence-electron chi connectivity index (χ2n) is 5.95. The number of carbonyl (C=O) groups is 2. The lowest BCUT2D eigenvalue weighted by molar-refractivity contribution is -0.139. The molecule has 0 saturated heterocycles. The number of hydrogen-bond donors (Lipinski definition) is 2. The van der Waals surface area contributed by atoms with Crippen LogP contribution in [0.2, 0.25) is 0 Å². The van der Waals surface area contributed by atoms with E-state index in [9.17, 15) is 22.8 Å². The van der Waals surface area contributed by atoms with Crippen LogP contribution in [0.3, 0.4) is 0 Å². The van der Waals surface area contributed by atoms with Crippen LogP contribution in [-0.2, 0) is 11.0 Å². The van der Waals surface area contributed by atoms with Crippen LogP contribution in [0, 0.1) is 0 Å². The molecule has 0 aromatic carbocycles.